The first kappa shape index (κ1) is 13.8. The highest BCUT2D eigenvalue weighted by Crippen LogP contribution is 2.40. The molecule has 0 amide bonds. The molecule has 0 bridgehead atoms. The fourth-order valence-electron chi connectivity index (χ4n) is 2.97. The van der Waals surface area contributed by atoms with E-state index in [4.69, 9.17) is 22.2 Å². The van der Waals surface area contributed by atoms with Crippen LogP contribution in [0.2, 0.25) is 5.02 Å². The van der Waals surface area contributed by atoms with Crippen molar-refractivity contribution in [3.8, 4) is 0 Å². The zero-order chi connectivity index (χ0) is 13.3. The summed E-state index contributed by atoms with van der Waals surface area (Å²) in [6, 6.07) is 7.94. The second-order valence-electron chi connectivity index (χ2n) is 5.18. The molecule has 4 heteroatoms. The van der Waals surface area contributed by atoms with Crippen molar-refractivity contribution in [2.75, 3.05) is 0 Å². The van der Waals surface area contributed by atoms with Gasteiger partial charge in [0.2, 0.25) is 0 Å². The molecule has 5 atom stereocenters. The van der Waals surface area contributed by atoms with E-state index in [0.29, 0.717) is 11.8 Å². The number of benzene rings is 1. The molecule has 2 rings (SSSR count). The summed E-state index contributed by atoms with van der Waals surface area (Å²) in [5, 5.41) is 0.742. The second kappa shape index (κ2) is 5.57. The third kappa shape index (κ3) is 2.54. The Morgan fingerprint density at radius 2 is 1.78 bits per heavy atom. The lowest BCUT2D eigenvalue weighted by Gasteiger charge is -2.28. The highest BCUT2D eigenvalue weighted by atomic mass is 35.5. The Kier molecular flexibility index (Phi) is 4.28. The quantitative estimate of drug-likeness (QED) is 0.655. The lowest BCUT2D eigenvalue weighted by atomic mass is 9.81. The molecule has 5 unspecified atom stereocenters. The van der Waals surface area contributed by atoms with Crippen LogP contribution in [-0.2, 0) is 4.74 Å². The van der Waals surface area contributed by atoms with Gasteiger partial charge in [-0.1, -0.05) is 30.7 Å². The van der Waals surface area contributed by atoms with Crippen LogP contribution in [0.25, 0.3) is 0 Å². The maximum absolute atomic E-state index is 5.92. The predicted octanol–water partition coefficient (Wildman–Crippen LogP) is 2.90. The van der Waals surface area contributed by atoms with Gasteiger partial charge in [-0.15, -0.1) is 0 Å². The van der Waals surface area contributed by atoms with Crippen LogP contribution in [0.3, 0.4) is 0 Å². The van der Waals surface area contributed by atoms with Gasteiger partial charge in [-0.05, 0) is 37.5 Å². The number of hydrogen-bond donors (Lipinski definition) is 2. The lowest BCUT2D eigenvalue weighted by Crippen LogP contribution is -2.38. The van der Waals surface area contributed by atoms with E-state index < -0.39 is 0 Å². The minimum Gasteiger partial charge on any atom is -0.375 e. The van der Waals surface area contributed by atoms with Crippen LogP contribution in [0, 0.1) is 11.8 Å². The van der Waals surface area contributed by atoms with E-state index in [1.165, 1.54) is 0 Å². The van der Waals surface area contributed by atoms with E-state index in [-0.39, 0.29) is 18.2 Å². The molecule has 0 radical (unpaired) electrons. The number of nitrogens with two attached hydrogens (primary N) is 1. The van der Waals surface area contributed by atoms with Crippen LogP contribution < -0.4 is 11.3 Å². The van der Waals surface area contributed by atoms with Crippen LogP contribution in [-0.4, -0.2) is 12.2 Å². The standard InChI is InChI=1S/C14H21ClN2O/c1-8-9(2)18-10(3)13(8)14(17-16)11-4-6-12(15)7-5-11/h4-10,13-14,17H,16H2,1-3H3. The average molecular weight is 269 g/mol. The monoisotopic (exact) mass is 268 g/mol. The molecule has 1 saturated heterocycles. The summed E-state index contributed by atoms with van der Waals surface area (Å²) in [5.41, 5.74) is 4.09. The van der Waals surface area contributed by atoms with Crippen molar-refractivity contribution in [2.45, 2.75) is 39.0 Å². The number of hydrazine groups is 1. The molecule has 1 aliphatic rings. The maximum atomic E-state index is 5.92. The SMILES string of the molecule is CC1OC(C)C(C(NN)c2ccc(Cl)cc2)C1C. The van der Waals surface area contributed by atoms with Gasteiger partial charge in [0.05, 0.1) is 18.2 Å². The van der Waals surface area contributed by atoms with E-state index >= 15 is 0 Å². The Morgan fingerprint density at radius 3 is 2.22 bits per heavy atom. The van der Waals surface area contributed by atoms with Crippen LogP contribution in [0.15, 0.2) is 24.3 Å². The molecule has 0 aliphatic carbocycles. The first-order valence-electron chi connectivity index (χ1n) is 6.41. The first-order valence-corrected chi connectivity index (χ1v) is 6.79. The number of hydrogen-bond acceptors (Lipinski definition) is 3. The molecule has 0 aromatic heterocycles. The van der Waals surface area contributed by atoms with Gasteiger partial charge in [0.15, 0.2) is 0 Å². The molecule has 100 valence electrons. The van der Waals surface area contributed by atoms with E-state index in [0.717, 1.165) is 10.6 Å². The molecule has 3 nitrogen and oxygen atoms in total. The Morgan fingerprint density at radius 1 is 1.17 bits per heavy atom. The lowest BCUT2D eigenvalue weighted by molar-refractivity contribution is 0.0475. The number of rotatable bonds is 3. The third-order valence-electron chi connectivity index (χ3n) is 4.11. The van der Waals surface area contributed by atoms with Crippen LogP contribution in [0.1, 0.15) is 32.4 Å². The molecular formula is C14H21ClN2O. The topological polar surface area (TPSA) is 47.3 Å². The zero-order valence-electron chi connectivity index (χ0n) is 11.1. The smallest absolute Gasteiger partial charge is 0.0601 e. The maximum Gasteiger partial charge on any atom is 0.0601 e. The highest BCUT2D eigenvalue weighted by molar-refractivity contribution is 6.30. The summed E-state index contributed by atoms with van der Waals surface area (Å²) >= 11 is 5.92. The minimum absolute atomic E-state index is 0.0946. The van der Waals surface area contributed by atoms with Crippen molar-refractivity contribution >= 4 is 11.6 Å². The summed E-state index contributed by atoms with van der Waals surface area (Å²) < 4.78 is 5.89. The van der Waals surface area contributed by atoms with Gasteiger partial charge in [0.1, 0.15) is 0 Å². The highest BCUT2D eigenvalue weighted by Gasteiger charge is 2.41. The molecule has 1 aromatic carbocycles. The summed E-state index contributed by atoms with van der Waals surface area (Å²) in [7, 11) is 0. The van der Waals surface area contributed by atoms with Gasteiger partial charge < -0.3 is 4.74 Å². The third-order valence-corrected chi connectivity index (χ3v) is 4.36. The van der Waals surface area contributed by atoms with Crippen molar-refractivity contribution in [1.29, 1.82) is 0 Å². The summed E-state index contributed by atoms with van der Waals surface area (Å²) in [4.78, 5) is 0. The molecule has 1 aromatic rings. The number of ether oxygens (including phenoxy) is 1. The summed E-state index contributed by atoms with van der Waals surface area (Å²) in [6.45, 7) is 6.46. The summed E-state index contributed by atoms with van der Waals surface area (Å²) in [6.07, 6.45) is 0.472. The van der Waals surface area contributed by atoms with Gasteiger partial charge in [0, 0.05) is 10.9 Å². The normalized spacial score (nSPS) is 33.6. The molecule has 0 spiro atoms. The van der Waals surface area contributed by atoms with Gasteiger partial charge in [0.25, 0.3) is 0 Å². The molecule has 0 saturated carbocycles. The molecule has 1 aliphatic heterocycles. The van der Waals surface area contributed by atoms with E-state index in [1.807, 2.05) is 24.3 Å². The number of nitrogens with one attached hydrogen (secondary N) is 1. The predicted molar refractivity (Wildman–Crippen MR) is 74.2 cm³/mol. The first-order chi connectivity index (χ1) is 8.54. The largest absolute Gasteiger partial charge is 0.375 e. The minimum atomic E-state index is 0.0946. The second-order valence-corrected chi connectivity index (χ2v) is 5.62. The van der Waals surface area contributed by atoms with Crippen molar-refractivity contribution in [3.05, 3.63) is 34.9 Å². The van der Waals surface area contributed by atoms with Crippen molar-refractivity contribution in [3.63, 3.8) is 0 Å². The molecule has 1 heterocycles. The average Bonchev–Trinajstić information content (AvgIpc) is 2.59. The van der Waals surface area contributed by atoms with Crippen LogP contribution in [0.5, 0.6) is 0 Å². The van der Waals surface area contributed by atoms with Crippen molar-refractivity contribution in [1.82, 2.24) is 5.43 Å². The Bertz CT molecular complexity index is 395. The Labute approximate surface area is 114 Å². The summed E-state index contributed by atoms with van der Waals surface area (Å²) in [5.74, 6) is 6.59. The number of halogens is 1. The molecule has 18 heavy (non-hydrogen) atoms. The van der Waals surface area contributed by atoms with Crippen LogP contribution in [0.4, 0.5) is 0 Å². The van der Waals surface area contributed by atoms with Crippen LogP contribution >= 0.6 is 11.6 Å². The van der Waals surface area contributed by atoms with E-state index in [9.17, 15) is 0 Å². The van der Waals surface area contributed by atoms with Gasteiger partial charge in [-0.3, -0.25) is 11.3 Å². The molecule has 1 fully saturated rings. The Hall–Kier alpha value is -0.610. The van der Waals surface area contributed by atoms with Crippen molar-refractivity contribution < 1.29 is 4.74 Å². The van der Waals surface area contributed by atoms with E-state index in [1.54, 1.807) is 0 Å². The zero-order valence-corrected chi connectivity index (χ0v) is 11.8. The fraction of sp³-hybridized carbons (Fsp3) is 0.571. The van der Waals surface area contributed by atoms with Gasteiger partial charge >= 0.3 is 0 Å². The van der Waals surface area contributed by atoms with Crippen molar-refractivity contribution in [2.24, 2.45) is 17.7 Å². The molecular weight excluding hydrogens is 248 g/mol. The molecule has 3 N–H and O–H groups in total. The fourth-order valence-corrected chi connectivity index (χ4v) is 3.09. The Balaban J connectivity index is 2.25. The van der Waals surface area contributed by atoms with Gasteiger partial charge in [-0.2, -0.15) is 0 Å². The van der Waals surface area contributed by atoms with E-state index in [2.05, 4.69) is 26.2 Å². The van der Waals surface area contributed by atoms with Gasteiger partial charge in [-0.25, -0.2) is 0 Å².